The molecule has 1 heterocycles. The van der Waals surface area contributed by atoms with Gasteiger partial charge in [-0.05, 0) is 60.0 Å². The fourth-order valence-corrected chi connectivity index (χ4v) is 4.31. The lowest BCUT2D eigenvalue weighted by Crippen LogP contribution is -2.14. The molecule has 9 heteroatoms. The zero-order valence-corrected chi connectivity index (χ0v) is 15.5. The molecule has 0 atom stereocenters. The van der Waals surface area contributed by atoms with Crippen LogP contribution in [0.5, 0.6) is 0 Å². The summed E-state index contributed by atoms with van der Waals surface area (Å²) < 4.78 is 29.9. The van der Waals surface area contributed by atoms with Crippen LogP contribution in [0.3, 0.4) is 0 Å². The Bertz CT molecular complexity index is 1080. The highest BCUT2D eigenvalue weighted by Gasteiger charge is 2.28. The van der Waals surface area contributed by atoms with Gasteiger partial charge in [-0.3, -0.25) is 4.72 Å². The molecule has 1 aliphatic carbocycles. The Balaban J connectivity index is 1.67. The first-order chi connectivity index (χ1) is 12.5. The fourth-order valence-electron chi connectivity index (χ4n) is 2.76. The van der Waals surface area contributed by atoms with Crippen molar-refractivity contribution in [3.63, 3.8) is 0 Å². The Morgan fingerprint density at radius 3 is 2.73 bits per heavy atom. The Hall–Kier alpha value is -2.45. The molecule has 1 aromatic heterocycles. The van der Waals surface area contributed by atoms with Crippen molar-refractivity contribution in [1.82, 2.24) is 20.2 Å². The fraction of sp³-hybridized carbons (Fsp3) is 0.235. The van der Waals surface area contributed by atoms with Crippen LogP contribution in [-0.4, -0.2) is 28.6 Å². The van der Waals surface area contributed by atoms with Crippen LogP contribution >= 0.6 is 11.6 Å². The Labute approximate surface area is 156 Å². The average molecular weight is 390 g/mol. The Morgan fingerprint density at radius 1 is 1.19 bits per heavy atom. The molecular formula is C17H16ClN5O2S. The molecule has 0 aliphatic heterocycles. The van der Waals surface area contributed by atoms with E-state index in [1.165, 1.54) is 6.07 Å². The topological polar surface area (TPSA) is 89.8 Å². The summed E-state index contributed by atoms with van der Waals surface area (Å²) in [7, 11) is -3.76. The third kappa shape index (κ3) is 3.17. The quantitative estimate of drug-likeness (QED) is 0.721. The van der Waals surface area contributed by atoms with Crippen LogP contribution in [-0.2, 0) is 10.0 Å². The Morgan fingerprint density at radius 2 is 1.96 bits per heavy atom. The molecule has 0 saturated heterocycles. The molecule has 4 rings (SSSR count). The first kappa shape index (κ1) is 17.0. The number of rotatable bonds is 5. The molecule has 1 aliphatic rings. The zero-order chi connectivity index (χ0) is 18.3. The van der Waals surface area contributed by atoms with Gasteiger partial charge in [0.1, 0.15) is 0 Å². The maximum absolute atomic E-state index is 12.7. The van der Waals surface area contributed by atoms with Gasteiger partial charge in [-0.25, -0.2) is 13.1 Å². The van der Waals surface area contributed by atoms with E-state index in [0.29, 0.717) is 28.1 Å². The van der Waals surface area contributed by atoms with Crippen LogP contribution in [0.15, 0.2) is 47.4 Å². The highest BCUT2D eigenvalue weighted by atomic mass is 35.5. The summed E-state index contributed by atoms with van der Waals surface area (Å²) in [5.41, 5.74) is 1.70. The van der Waals surface area contributed by atoms with Crippen molar-refractivity contribution < 1.29 is 8.42 Å². The summed E-state index contributed by atoms with van der Waals surface area (Å²) in [6.45, 7) is 1.68. The second-order valence-electron chi connectivity index (χ2n) is 6.23. The van der Waals surface area contributed by atoms with Crippen LogP contribution in [0.4, 0.5) is 5.69 Å². The van der Waals surface area contributed by atoms with Crippen molar-refractivity contribution >= 4 is 27.3 Å². The molecule has 0 unspecified atom stereocenters. The van der Waals surface area contributed by atoms with Gasteiger partial charge in [-0.1, -0.05) is 29.8 Å². The van der Waals surface area contributed by atoms with E-state index in [1.807, 2.05) is 6.07 Å². The van der Waals surface area contributed by atoms with Crippen molar-refractivity contribution in [2.75, 3.05) is 4.72 Å². The lowest BCUT2D eigenvalue weighted by molar-refractivity contribution is 0.600. The Kier molecular flexibility index (Phi) is 4.16. The minimum Gasteiger partial charge on any atom is -0.280 e. The SMILES string of the molecule is Cc1c(Cl)cccc1S(=O)(=O)Nc1cccc(-c2nnnn2C2CC2)c1. The van der Waals surface area contributed by atoms with E-state index in [-0.39, 0.29) is 4.90 Å². The monoisotopic (exact) mass is 389 g/mol. The largest absolute Gasteiger partial charge is 0.280 e. The molecule has 134 valence electrons. The average Bonchev–Trinajstić information content (AvgIpc) is 3.33. The van der Waals surface area contributed by atoms with Gasteiger partial charge in [0.05, 0.1) is 10.9 Å². The van der Waals surface area contributed by atoms with Gasteiger partial charge in [0.25, 0.3) is 10.0 Å². The van der Waals surface area contributed by atoms with Crippen molar-refractivity contribution in [2.24, 2.45) is 0 Å². The number of tetrazole rings is 1. The smallest absolute Gasteiger partial charge is 0.262 e. The van der Waals surface area contributed by atoms with Gasteiger partial charge in [0.2, 0.25) is 0 Å². The molecule has 0 amide bonds. The van der Waals surface area contributed by atoms with Gasteiger partial charge in [-0.2, -0.15) is 0 Å². The van der Waals surface area contributed by atoms with Crippen LogP contribution in [0, 0.1) is 6.92 Å². The van der Waals surface area contributed by atoms with Crippen molar-refractivity contribution in [3.8, 4) is 11.4 Å². The molecule has 1 saturated carbocycles. The maximum atomic E-state index is 12.7. The molecular weight excluding hydrogens is 374 g/mol. The first-order valence-electron chi connectivity index (χ1n) is 8.12. The molecule has 0 bridgehead atoms. The number of sulfonamides is 1. The summed E-state index contributed by atoms with van der Waals surface area (Å²) in [6.07, 6.45) is 2.11. The summed E-state index contributed by atoms with van der Waals surface area (Å²) in [6, 6.07) is 12.2. The van der Waals surface area contributed by atoms with E-state index in [0.717, 1.165) is 18.4 Å². The third-order valence-corrected chi connectivity index (χ3v) is 6.20. The van der Waals surface area contributed by atoms with Crippen LogP contribution < -0.4 is 4.72 Å². The summed E-state index contributed by atoms with van der Waals surface area (Å²) >= 11 is 6.05. The third-order valence-electron chi connectivity index (χ3n) is 4.27. The number of halogens is 1. The number of aromatic nitrogens is 4. The lowest BCUT2D eigenvalue weighted by atomic mass is 10.2. The van der Waals surface area contributed by atoms with Gasteiger partial charge >= 0.3 is 0 Å². The molecule has 1 N–H and O–H groups in total. The summed E-state index contributed by atoms with van der Waals surface area (Å²) in [5.74, 6) is 0.632. The number of hydrogen-bond acceptors (Lipinski definition) is 5. The van der Waals surface area contributed by atoms with Crippen LogP contribution in [0.2, 0.25) is 5.02 Å². The molecule has 7 nitrogen and oxygen atoms in total. The predicted octanol–water partition coefficient (Wildman–Crippen LogP) is 3.44. The van der Waals surface area contributed by atoms with Gasteiger partial charge < -0.3 is 0 Å². The summed E-state index contributed by atoms with van der Waals surface area (Å²) in [5, 5.41) is 12.3. The lowest BCUT2D eigenvalue weighted by Gasteiger charge is -2.12. The maximum Gasteiger partial charge on any atom is 0.262 e. The molecule has 2 aromatic carbocycles. The second-order valence-corrected chi connectivity index (χ2v) is 8.29. The first-order valence-corrected chi connectivity index (χ1v) is 9.98. The number of nitrogens with one attached hydrogen (secondary N) is 1. The normalized spacial score (nSPS) is 14.4. The number of anilines is 1. The van der Waals surface area contributed by atoms with Gasteiger partial charge in [0.15, 0.2) is 5.82 Å². The molecule has 26 heavy (non-hydrogen) atoms. The van der Waals surface area contributed by atoms with E-state index in [9.17, 15) is 8.42 Å². The number of nitrogens with zero attached hydrogens (tertiary/aromatic N) is 4. The predicted molar refractivity (Wildman–Crippen MR) is 98.5 cm³/mol. The van der Waals surface area contributed by atoms with Crippen LogP contribution in [0.1, 0.15) is 24.4 Å². The van der Waals surface area contributed by atoms with E-state index in [4.69, 9.17) is 11.6 Å². The van der Waals surface area contributed by atoms with E-state index < -0.39 is 10.0 Å². The minimum absolute atomic E-state index is 0.151. The number of hydrogen-bond donors (Lipinski definition) is 1. The standard InChI is InChI=1S/C17H16ClN5O2S/c1-11-15(18)6-3-7-16(11)26(24,25)20-13-5-2-4-12(10-13)17-19-21-22-23(17)14-8-9-14/h2-7,10,14,20H,8-9H2,1H3. The molecule has 1 fully saturated rings. The van der Waals surface area contributed by atoms with Crippen molar-refractivity contribution in [2.45, 2.75) is 30.7 Å². The highest BCUT2D eigenvalue weighted by molar-refractivity contribution is 7.92. The molecule has 0 spiro atoms. The number of benzene rings is 2. The minimum atomic E-state index is -3.76. The van der Waals surface area contributed by atoms with Crippen molar-refractivity contribution in [3.05, 3.63) is 53.1 Å². The van der Waals surface area contributed by atoms with E-state index in [1.54, 1.807) is 41.9 Å². The van der Waals surface area contributed by atoms with Crippen molar-refractivity contribution in [1.29, 1.82) is 0 Å². The molecule has 0 radical (unpaired) electrons. The van der Waals surface area contributed by atoms with Crippen LogP contribution in [0.25, 0.3) is 11.4 Å². The van der Waals surface area contributed by atoms with Gasteiger partial charge in [0, 0.05) is 16.3 Å². The summed E-state index contributed by atoms with van der Waals surface area (Å²) in [4.78, 5) is 0.151. The zero-order valence-electron chi connectivity index (χ0n) is 13.9. The van der Waals surface area contributed by atoms with Gasteiger partial charge in [-0.15, -0.1) is 5.10 Å². The highest BCUT2D eigenvalue weighted by Crippen LogP contribution is 2.37. The molecule has 3 aromatic rings. The second kappa shape index (κ2) is 6.37. The van der Waals surface area contributed by atoms with E-state index >= 15 is 0 Å². The van der Waals surface area contributed by atoms with E-state index in [2.05, 4.69) is 20.2 Å².